The molecule has 19 heavy (non-hydrogen) atoms. The van der Waals surface area contributed by atoms with Crippen LogP contribution in [0.3, 0.4) is 0 Å². The van der Waals surface area contributed by atoms with E-state index in [9.17, 15) is 0 Å². The van der Waals surface area contributed by atoms with Crippen molar-refractivity contribution in [3.63, 3.8) is 0 Å². The van der Waals surface area contributed by atoms with Crippen molar-refractivity contribution in [2.75, 3.05) is 32.8 Å². The maximum Gasteiger partial charge on any atom is 0.0632 e. The van der Waals surface area contributed by atoms with Crippen LogP contribution in [-0.4, -0.2) is 38.9 Å². The summed E-state index contributed by atoms with van der Waals surface area (Å²) in [5.41, 5.74) is 5.65. The second-order valence-corrected chi connectivity index (χ2v) is 5.54. The van der Waals surface area contributed by atoms with E-state index in [1.165, 1.54) is 22.3 Å². The Balaban J connectivity index is 1.74. The molecule has 1 aromatic carbocycles. The highest BCUT2D eigenvalue weighted by Gasteiger charge is 2.11. The van der Waals surface area contributed by atoms with Gasteiger partial charge in [0.2, 0.25) is 0 Å². The van der Waals surface area contributed by atoms with Gasteiger partial charge in [-0.3, -0.25) is 0 Å². The summed E-state index contributed by atoms with van der Waals surface area (Å²) >= 11 is 0. The zero-order valence-electron chi connectivity index (χ0n) is 12.4. The molecule has 0 spiro atoms. The van der Waals surface area contributed by atoms with E-state index in [0.717, 1.165) is 39.3 Å². The highest BCUT2D eigenvalue weighted by atomic mass is 16.5. The van der Waals surface area contributed by atoms with E-state index in [0.29, 0.717) is 6.04 Å². The number of ether oxygens (including phenoxy) is 1. The number of aryl methyl sites for hydroxylation is 3. The molecule has 106 valence electrons. The summed E-state index contributed by atoms with van der Waals surface area (Å²) in [6, 6.07) is 5.09. The van der Waals surface area contributed by atoms with Crippen LogP contribution < -0.4 is 10.6 Å². The monoisotopic (exact) mass is 262 g/mol. The van der Waals surface area contributed by atoms with Gasteiger partial charge >= 0.3 is 0 Å². The summed E-state index contributed by atoms with van der Waals surface area (Å²) < 4.78 is 5.44. The van der Waals surface area contributed by atoms with Crippen LogP contribution in [0.25, 0.3) is 0 Å². The summed E-state index contributed by atoms with van der Waals surface area (Å²) in [7, 11) is 0. The van der Waals surface area contributed by atoms with E-state index in [-0.39, 0.29) is 0 Å². The molecule has 1 aliphatic heterocycles. The molecular weight excluding hydrogens is 236 g/mol. The molecule has 0 aliphatic carbocycles. The van der Waals surface area contributed by atoms with Gasteiger partial charge in [-0.15, -0.1) is 0 Å². The normalized spacial score (nSPS) is 19.6. The Kier molecular flexibility index (Phi) is 5.37. The Morgan fingerprint density at radius 1 is 1.21 bits per heavy atom. The van der Waals surface area contributed by atoms with Crippen LogP contribution in [0, 0.1) is 20.8 Å². The third-order valence-corrected chi connectivity index (χ3v) is 3.91. The highest BCUT2D eigenvalue weighted by Crippen LogP contribution is 2.15. The molecule has 1 atom stereocenters. The first-order valence-electron chi connectivity index (χ1n) is 7.25. The van der Waals surface area contributed by atoms with Gasteiger partial charge in [0, 0.05) is 19.1 Å². The topological polar surface area (TPSA) is 33.3 Å². The lowest BCUT2D eigenvalue weighted by atomic mass is 9.99. The Labute approximate surface area is 116 Å². The van der Waals surface area contributed by atoms with Crippen molar-refractivity contribution in [1.82, 2.24) is 10.6 Å². The fourth-order valence-electron chi connectivity index (χ4n) is 2.54. The highest BCUT2D eigenvalue weighted by molar-refractivity contribution is 5.36. The van der Waals surface area contributed by atoms with Gasteiger partial charge in [-0.05, 0) is 56.0 Å². The first kappa shape index (κ1) is 14.5. The Morgan fingerprint density at radius 2 is 2.00 bits per heavy atom. The molecule has 3 heteroatoms. The van der Waals surface area contributed by atoms with Crippen molar-refractivity contribution in [1.29, 1.82) is 0 Å². The van der Waals surface area contributed by atoms with Gasteiger partial charge in [0.25, 0.3) is 0 Å². The predicted octanol–water partition coefficient (Wildman–Crippen LogP) is 1.73. The van der Waals surface area contributed by atoms with Crippen LogP contribution in [-0.2, 0) is 11.2 Å². The molecule has 0 aromatic heterocycles. The van der Waals surface area contributed by atoms with Gasteiger partial charge in [-0.2, -0.15) is 0 Å². The lowest BCUT2D eigenvalue weighted by Gasteiger charge is -2.24. The smallest absolute Gasteiger partial charge is 0.0632 e. The van der Waals surface area contributed by atoms with E-state index >= 15 is 0 Å². The average Bonchev–Trinajstić information content (AvgIpc) is 2.41. The molecule has 1 saturated heterocycles. The standard InChI is InChI=1S/C16H26N2O/c1-12-8-14(3)15(9-13(12)2)4-5-17-10-16-11-19-7-6-18-16/h8-9,16-18H,4-7,10-11H2,1-3H3. The average molecular weight is 262 g/mol. The fourth-order valence-corrected chi connectivity index (χ4v) is 2.54. The molecule has 3 nitrogen and oxygen atoms in total. The molecule has 2 N–H and O–H groups in total. The van der Waals surface area contributed by atoms with Gasteiger partial charge in [0.1, 0.15) is 0 Å². The molecule has 1 unspecified atom stereocenters. The van der Waals surface area contributed by atoms with Crippen LogP contribution in [0.4, 0.5) is 0 Å². The summed E-state index contributed by atoms with van der Waals surface area (Å²) in [5.74, 6) is 0. The lowest BCUT2D eigenvalue weighted by Crippen LogP contribution is -2.47. The van der Waals surface area contributed by atoms with Crippen LogP contribution in [0.2, 0.25) is 0 Å². The summed E-state index contributed by atoms with van der Waals surface area (Å²) in [6.45, 7) is 11.2. The number of hydrogen-bond acceptors (Lipinski definition) is 3. The fraction of sp³-hybridized carbons (Fsp3) is 0.625. The molecule has 1 fully saturated rings. The number of benzene rings is 1. The number of morpholine rings is 1. The van der Waals surface area contributed by atoms with Crippen LogP contribution in [0.1, 0.15) is 22.3 Å². The van der Waals surface area contributed by atoms with Crippen molar-refractivity contribution < 1.29 is 4.74 Å². The molecule has 0 bridgehead atoms. The van der Waals surface area contributed by atoms with Crippen molar-refractivity contribution in [3.05, 3.63) is 34.4 Å². The SMILES string of the molecule is Cc1cc(C)c(CCNCC2COCCN2)cc1C. The van der Waals surface area contributed by atoms with Crippen molar-refractivity contribution in [3.8, 4) is 0 Å². The third kappa shape index (κ3) is 4.30. The first-order chi connectivity index (χ1) is 9.16. The Morgan fingerprint density at radius 3 is 2.74 bits per heavy atom. The van der Waals surface area contributed by atoms with Crippen molar-refractivity contribution in [2.24, 2.45) is 0 Å². The quantitative estimate of drug-likeness (QED) is 0.793. The number of nitrogens with one attached hydrogen (secondary N) is 2. The Bertz CT molecular complexity index is 411. The lowest BCUT2D eigenvalue weighted by molar-refractivity contribution is 0.0768. The van der Waals surface area contributed by atoms with E-state index in [1.54, 1.807) is 0 Å². The summed E-state index contributed by atoms with van der Waals surface area (Å²) in [5, 5.41) is 6.98. The van der Waals surface area contributed by atoms with Crippen LogP contribution >= 0.6 is 0 Å². The van der Waals surface area contributed by atoms with Gasteiger partial charge in [0.15, 0.2) is 0 Å². The molecule has 0 saturated carbocycles. The summed E-state index contributed by atoms with van der Waals surface area (Å²) in [4.78, 5) is 0. The van der Waals surface area contributed by atoms with Crippen molar-refractivity contribution >= 4 is 0 Å². The second kappa shape index (κ2) is 7.04. The molecule has 1 heterocycles. The largest absolute Gasteiger partial charge is 0.378 e. The molecule has 2 rings (SSSR count). The van der Waals surface area contributed by atoms with Crippen LogP contribution in [0.15, 0.2) is 12.1 Å². The maximum atomic E-state index is 5.44. The van der Waals surface area contributed by atoms with E-state index in [4.69, 9.17) is 4.74 Å². The molecule has 1 aliphatic rings. The zero-order chi connectivity index (χ0) is 13.7. The minimum absolute atomic E-state index is 0.467. The predicted molar refractivity (Wildman–Crippen MR) is 79.8 cm³/mol. The van der Waals surface area contributed by atoms with E-state index in [2.05, 4.69) is 43.5 Å². The van der Waals surface area contributed by atoms with Crippen molar-refractivity contribution in [2.45, 2.75) is 33.2 Å². The zero-order valence-corrected chi connectivity index (χ0v) is 12.4. The summed E-state index contributed by atoms with van der Waals surface area (Å²) in [6.07, 6.45) is 1.10. The third-order valence-electron chi connectivity index (χ3n) is 3.91. The van der Waals surface area contributed by atoms with Gasteiger partial charge in [0.05, 0.1) is 13.2 Å². The van der Waals surface area contributed by atoms with Crippen LogP contribution in [0.5, 0.6) is 0 Å². The minimum atomic E-state index is 0.467. The minimum Gasteiger partial charge on any atom is -0.378 e. The molecular formula is C16H26N2O. The number of hydrogen-bond donors (Lipinski definition) is 2. The maximum absolute atomic E-state index is 5.44. The molecule has 0 radical (unpaired) electrons. The van der Waals surface area contributed by atoms with Gasteiger partial charge in [-0.1, -0.05) is 12.1 Å². The number of rotatable bonds is 5. The first-order valence-corrected chi connectivity index (χ1v) is 7.25. The van der Waals surface area contributed by atoms with E-state index < -0.39 is 0 Å². The molecule has 1 aromatic rings. The van der Waals surface area contributed by atoms with Gasteiger partial charge < -0.3 is 15.4 Å². The van der Waals surface area contributed by atoms with Gasteiger partial charge in [-0.25, -0.2) is 0 Å². The second-order valence-electron chi connectivity index (χ2n) is 5.54. The van der Waals surface area contributed by atoms with E-state index in [1.807, 2.05) is 0 Å². The Hall–Kier alpha value is -0.900. The molecule has 0 amide bonds.